The fraction of sp³-hybridized carbons (Fsp3) is 0.250. The predicted molar refractivity (Wildman–Crippen MR) is 103 cm³/mol. The topological polar surface area (TPSA) is 79.0 Å². The van der Waals surface area contributed by atoms with Crippen LogP contribution in [-0.4, -0.2) is 30.6 Å². The van der Waals surface area contributed by atoms with Gasteiger partial charge in [-0.3, -0.25) is 14.6 Å². The first-order valence-corrected chi connectivity index (χ1v) is 8.54. The molecule has 0 bridgehead atoms. The lowest BCUT2D eigenvalue weighted by molar-refractivity contribution is -0.119. The number of halogens is 1. The second-order valence-electron chi connectivity index (χ2n) is 6.70. The molecule has 2 aromatic rings. The number of hydrogen-bond acceptors (Lipinski definition) is 4. The Morgan fingerprint density at radius 3 is 2.30 bits per heavy atom. The minimum absolute atomic E-state index is 0.0979. The number of anilines is 2. The van der Waals surface area contributed by atoms with Gasteiger partial charge in [0.05, 0.1) is 5.69 Å². The van der Waals surface area contributed by atoms with E-state index in [-0.39, 0.29) is 18.0 Å². The third-order valence-electron chi connectivity index (χ3n) is 4.48. The van der Waals surface area contributed by atoms with Crippen molar-refractivity contribution < 1.29 is 14.0 Å². The molecule has 0 radical (unpaired) electrons. The number of nitrogens with zero attached hydrogens (tertiary/aromatic N) is 3. The van der Waals surface area contributed by atoms with E-state index in [1.807, 2.05) is 32.0 Å². The van der Waals surface area contributed by atoms with Crippen LogP contribution in [0.4, 0.5) is 15.8 Å². The molecule has 0 aromatic heterocycles. The summed E-state index contributed by atoms with van der Waals surface area (Å²) in [6, 6.07) is 10.6. The smallest absolute Gasteiger partial charge is 0.274 e. The maximum Gasteiger partial charge on any atom is 0.274 e. The molecule has 2 aromatic carbocycles. The van der Waals surface area contributed by atoms with E-state index in [0.29, 0.717) is 5.69 Å². The maximum atomic E-state index is 13.2. The Bertz CT molecular complexity index is 904. The quantitative estimate of drug-likeness (QED) is 0.901. The van der Waals surface area contributed by atoms with E-state index in [4.69, 9.17) is 5.73 Å². The van der Waals surface area contributed by atoms with Crippen LogP contribution in [0.25, 0.3) is 0 Å². The fourth-order valence-electron chi connectivity index (χ4n) is 3.15. The summed E-state index contributed by atoms with van der Waals surface area (Å²) >= 11 is 0. The SMILES string of the molecule is Cc1cc(C)cc(N(C)C(=O)C2=NN(c3ccc(F)cc3)C(C(N)=O)C2)c1. The molecule has 0 saturated carbocycles. The summed E-state index contributed by atoms with van der Waals surface area (Å²) in [6.07, 6.45) is 0.0979. The van der Waals surface area contributed by atoms with E-state index in [1.54, 1.807) is 7.05 Å². The van der Waals surface area contributed by atoms with Crippen molar-refractivity contribution in [3.05, 3.63) is 59.4 Å². The highest BCUT2D eigenvalue weighted by Crippen LogP contribution is 2.26. The molecule has 1 unspecified atom stereocenters. The minimum atomic E-state index is -0.790. The van der Waals surface area contributed by atoms with Gasteiger partial charge in [-0.05, 0) is 61.4 Å². The van der Waals surface area contributed by atoms with E-state index in [1.165, 1.54) is 34.2 Å². The van der Waals surface area contributed by atoms with Gasteiger partial charge in [-0.1, -0.05) is 6.07 Å². The number of rotatable bonds is 4. The predicted octanol–water partition coefficient (Wildman–Crippen LogP) is 2.53. The first-order valence-electron chi connectivity index (χ1n) is 8.54. The highest BCUT2D eigenvalue weighted by Gasteiger charge is 2.36. The molecule has 0 spiro atoms. The highest BCUT2D eigenvalue weighted by molar-refractivity contribution is 6.44. The molecule has 3 rings (SSSR count). The van der Waals surface area contributed by atoms with E-state index in [9.17, 15) is 14.0 Å². The normalized spacial score (nSPS) is 16.2. The van der Waals surface area contributed by atoms with Crippen LogP contribution in [0.1, 0.15) is 17.5 Å². The van der Waals surface area contributed by atoms with Gasteiger partial charge < -0.3 is 10.6 Å². The number of carbonyl (C=O) groups is 2. The van der Waals surface area contributed by atoms with Crippen LogP contribution >= 0.6 is 0 Å². The van der Waals surface area contributed by atoms with Crippen LogP contribution in [0, 0.1) is 19.7 Å². The van der Waals surface area contributed by atoms with Crippen LogP contribution in [0.2, 0.25) is 0 Å². The standard InChI is InChI=1S/C20H21FN4O2/c1-12-8-13(2)10-16(9-12)24(3)20(27)17-11-18(19(22)26)25(23-17)15-6-4-14(21)5-7-15/h4-10,18H,11H2,1-3H3,(H2,22,26). The summed E-state index contributed by atoms with van der Waals surface area (Å²) in [7, 11) is 1.67. The van der Waals surface area contributed by atoms with Crippen LogP contribution in [0.3, 0.4) is 0 Å². The summed E-state index contributed by atoms with van der Waals surface area (Å²) in [4.78, 5) is 26.3. The zero-order valence-electron chi connectivity index (χ0n) is 15.4. The highest BCUT2D eigenvalue weighted by atomic mass is 19.1. The Kier molecular flexibility index (Phi) is 4.94. The molecule has 1 aliphatic rings. The zero-order chi connectivity index (χ0) is 19.7. The Morgan fingerprint density at radius 1 is 1.15 bits per heavy atom. The van der Waals surface area contributed by atoms with Crippen LogP contribution in [0.15, 0.2) is 47.6 Å². The number of aryl methyl sites for hydroxylation is 2. The molecule has 140 valence electrons. The number of benzene rings is 2. The largest absolute Gasteiger partial charge is 0.368 e. The van der Waals surface area contributed by atoms with E-state index in [0.717, 1.165) is 16.8 Å². The van der Waals surface area contributed by atoms with Crippen molar-refractivity contribution in [2.75, 3.05) is 17.0 Å². The Labute approximate surface area is 157 Å². The van der Waals surface area contributed by atoms with Gasteiger partial charge in [0.25, 0.3) is 5.91 Å². The molecule has 0 aliphatic carbocycles. The number of carbonyl (C=O) groups excluding carboxylic acids is 2. The summed E-state index contributed by atoms with van der Waals surface area (Å²) < 4.78 is 13.2. The van der Waals surface area contributed by atoms with Crippen molar-refractivity contribution in [2.45, 2.75) is 26.3 Å². The second kappa shape index (κ2) is 7.19. The molecular weight excluding hydrogens is 347 g/mol. The van der Waals surface area contributed by atoms with Gasteiger partial charge in [-0.15, -0.1) is 0 Å². The number of primary amides is 1. The van der Waals surface area contributed by atoms with Gasteiger partial charge in [-0.2, -0.15) is 5.10 Å². The molecule has 6 nitrogen and oxygen atoms in total. The van der Waals surface area contributed by atoms with Gasteiger partial charge in [0.2, 0.25) is 5.91 Å². The lowest BCUT2D eigenvalue weighted by Gasteiger charge is -2.20. The lowest BCUT2D eigenvalue weighted by atomic mass is 10.1. The zero-order valence-corrected chi connectivity index (χ0v) is 15.4. The van der Waals surface area contributed by atoms with Crippen molar-refractivity contribution in [1.29, 1.82) is 0 Å². The first-order chi connectivity index (χ1) is 12.8. The van der Waals surface area contributed by atoms with Crippen LogP contribution in [0.5, 0.6) is 0 Å². The molecule has 1 aliphatic heterocycles. The fourth-order valence-corrected chi connectivity index (χ4v) is 3.15. The van der Waals surface area contributed by atoms with Gasteiger partial charge in [0.1, 0.15) is 17.6 Å². The van der Waals surface area contributed by atoms with E-state index < -0.39 is 17.8 Å². The second-order valence-corrected chi connectivity index (χ2v) is 6.70. The number of hydrazone groups is 1. The molecule has 2 amide bonds. The van der Waals surface area contributed by atoms with Crippen LogP contribution in [-0.2, 0) is 9.59 Å². The average molecular weight is 368 g/mol. The summed E-state index contributed by atoms with van der Waals surface area (Å²) in [6.45, 7) is 3.92. The summed E-state index contributed by atoms with van der Waals surface area (Å²) in [5, 5.41) is 5.70. The lowest BCUT2D eigenvalue weighted by Crippen LogP contribution is -2.40. The minimum Gasteiger partial charge on any atom is -0.368 e. The van der Waals surface area contributed by atoms with E-state index >= 15 is 0 Å². The number of hydrogen-bond donors (Lipinski definition) is 1. The summed E-state index contributed by atoms with van der Waals surface area (Å²) in [5.74, 6) is -1.31. The molecule has 1 heterocycles. The number of nitrogens with two attached hydrogens (primary N) is 1. The van der Waals surface area contributed by atoms with Crippen molar-refractivity contribution in [3.63, 3.8) is 0 Å². The van der Waals surface area contributed by atoms with Crippen molar-refractivity contribution in [2.24, 2.45) is 10.8 Å². The molecule has 0 fully saturated rings. The molecule has 0 saturated heterocycles. The van der Waals surface area contributed by atoms with E-state index in [2.05, 4.69) is 5.10 Å². The Balaban J connectivity index is 1.90. The molecule has 2 N–H and O–H groups in total. The van der Waals surface area contributed by atoms with Crippen molar-refractivity contribution in [3.8, 4) is 0 Å². The van der Waals surface area contributed by atoms with Gasteiger partial charge in [0, 0.05) is 19.2 Å². The summed E-state index contributed by atoms with van der Waals surface area (Å²) in [5.41, 5.74) is 9.05. The molecular formula is C20H21FN4O2. The monoisotopic (exact) mass is 368 g/mol. The third kappa shape index (κ3) is 3.81. The number of amides is 2. The molecule has 7 heteroatoms. The van der Waals surface area contributed by atoms with Gasteiger partial charge in [0.15, 0.2) is 0 Å². The molecule has 27 heavy (non-hydrogen) atoms. The Morgan fingerprint density at radius 2 is 1.74 bits per heavy atom. The van der Waals surface area contributed by atoms with Gasteiger partial charge in [-0.25, -0.2) is 4.39 Å². The van der Waals surface area contributed by atoms with Crippen molar-refractivity contribution >= 4 is 28.9 Å². The van der Waals surface area contributed by atoms with Crippen LogP contribution < -0.4 is 15.6 Å². The van der Waals surface area contributed by atoms with Crippen molar-refractivity contribution in [1.82, 2.24) is 0 Å². The average Bonchev–Trinajstić information content (AvgIpc) is 3.06. The first kappa shape index (κ1) is 18.6. The maximum absolute atomic E-state index is 13.2. The Hall–Kier alpha value is -3.22. The van der Waals surface area contributed by atoms with Gasteiger partial charge >= 0.3 is 0 Å². The molecule has 1 atom stereocenters. The third-order valence-corrected chi connectivity index (χ3v) is 4.48.